The Bertz CT molecular complexity index is 1210. The van der Waals surface area contributed by atoms with Crippen molar-refractivity contribution in [1.29, 1.82) is 5.26 Å². The molecule has 0 aromatic carbocycles. The Hall–Kier alpha value is -3.27. The summed E-state index contributed by atoms with van der Waals surface area (Å²) in [4.78, 5) is 22.3. The number of rotatable bonds is 7. The summed E-state index contributed by atoms with van der Waals surface area (Å²) in [6.45, 7) is 4.61. The van der Waals surface area contributed by atoms with E-state index in [9.17, 15) is 4.79 Å². The summed E-state index contributed by atoms with van der Waals surface area (Å²) in [6.07, 6.45) is 12.5. The average Bonchev–Trinajstić information content (AvgIpc) is 3.54. The molecule has 5 rings (SSSR count). The summed E-state index contributed by atoms with van der Waals surface area (Å²) >= 11 is 0. The highest BCUT2D eigenvalue weighted by Gasteiger charge is 2.28. The standard InChI is InChI=1S/C26H30N6O/c1-16(2)19-5-3-17(4-6-19)10-24(33)22-15-28-25(11-23(22)31-21-7-8-21)32-26-20(14-30-32)9-18(12-27)13-29-26/h9,11,13-17,19,21H,3-8,10H2,1-2H3,(H,28,31). The Labute approximate surface area is 194 Å². The van der Waals surface area contributed by atoms with Crippen molar-refractivity contribution in [3.05, 3.63) is 41.9 Å². The first-order valence-electron chi connectivity index (χ1n) is 12.1. The molecule has 2 aliphatic rings. The van der Waals surface area contributed by atoms with E-state index in [4.69, 9.17) is 5.26 Å². The summed E-state index contributed by atoms with van der Waals surface area (Å²) in [5.41, 5.74) is 2.64. The van der Waals surface area contributed by atoms with E-state index in [0.717, 1.165) is 48.6 Å². The number of nitriles is 1. The van der Waals surface area contributed by atoms with E-state index in [1.165, 1.54) is 19.0 Å². The van der Waals surface area contributed by atoms with Gasteiger partial charge in [-0.25, -0.2) is 9.97 Å². The van der Waals surface area contributed by atoms with Gasteiger partial charge < -0.3 is 5.32 Å². The average molecular weight is 443 g/mol. The summed E-state index contributed by atoms with van der Waals surface area (Å²) in [5.74, 6) is 2.78. The molecule has 7 nitrogen and oxygen atoms in total. The van der Waals surface area contributed by atoms with Crippen LogP contribution in [-0.2, 0) is 0 Å². The number of aromatic nitrogens is 4. The quantitative estimate of drug-likeness (QED) is 0.499. The zero-order chi connectivity index (χ0) is 22.9. The molecule has 170 valence electrons. The molecule has 33 heavy (non-hydrogen) atoms. The van der Waals surface area contributed by atoms with E-state index in [-0.39, 0.29) is 5.78 Å². The zero-order valence-corrected chi connectivity index (χ0v) is 19.3. The number of hydrogen-bond acceptors (Lipinski definition) is 6. The predicted octanol–water partition coefficient (Wildman–Crippen LogP) is 5.30. The van der Waals surface area contributed by atoms with Crippen LogP contribution in [-0.4, -0.2) is 31.6 Å². The van der Waals surface area contributed by atoms with Crippen molar-refractivity contribution < 1.29 is 4.79 Å². The number of carbonyl (C=O) groups is 1. The molecular formula is C26H30N6O. The van der Waals surface area contributed by atoms with Crippen LogP contribution in [0, 0.1) is 29.1 Å². The van der Waals surface area contributed by atoms with Crippen LogP contribution in [0.5, 0.6) is 0 Å². The lowest BCUT2D eigenvalue weighted by Gasteiger charge is -2.30. The second-order valence-electron chi connectivity index (χ2n) is 9.96. The fourth-order valence-corrected chi connectivity index (χ4v) is 4.93. The second kappa shape index (κ2) is 8.93. The van der Waals surface area contributed by atoms with Crippen molar-refractivity contribution in [2.24, 2.45) is 17.8 Å². The number of Topliss-reactive ketones (excluding diaryl/α,β-unsaturated/α-hetero) is 1. The maximum atomic E-state index is 13.3. The Morgan fingerprint density at radius 1 is 1.12 bits per heavy atom. The molecule has 0 spiro atoms. The van der Waals surface area contributed by atoms with Crippen LogP contribution in [0.25, 0.3) is 16.9 Å². The molecule has 0 amide bonds. The SMILES string of the molecule is CC(C)C1CCC(CC(=O)c2cnc(-n3ncc4cc(C#N)cnc43)cc2NC2CC2)CC1. The Morgan fingerprint density at radius 3 is 2.61 bits per heavy atom. The highest BCUT2D eigenvalue weighted by Crippen LogP contribution is 2.36. The number of nitrogens with one attached hydrogen (secondary N) is 1. The van der Waals surface area contributed by atoms with E-state index in [1.54, 1.807) is 23.1 Å². The molecule has 1 N–H and O–H groups in total. The molecule has 0 bridgehead atoms. The van der Waals surface area contributed by atoms with Crippen molar-refractivity contribution in [3.8, 4) is 11.9 Å². The molecule has 3 heterocycles. The highest BCUT2D eigenvalue weighted by molar-refractivity contribution is 6.01. The van der Waals surface area contributed by atoms with Crippen molar-refractivity contribution in [1.82, 2.24) is 19.7 Å². The van der Waals surface area contributed by atoms with Crippen molar-refractivity contribution in [2.45, 2.75) is 64.8 Å². The minimum absolute atomic E-state index is 0.173. The number of nitrogens with zero attached hydrogens (tertiary/aromatic N) is 5. The van der Waals surface area contributed by atoms with Crippen LogP contribution in [0.1, 0.15) is 74.7 Å². The third-order valence-corrected chi connectivity index (χ3v) is 7.19. The first kappa shape index (κ1) is 21.6. The molecule has 2 saturated carbocycles. The van der Waals surface area contributed by atoms with Crippen molar-refractivity contribution in [3.63, 3.8) is 0 Å². The summed E-state index contributed by atoms with van der Waals surface area (Å²) in [7, 11) is 0. The molecule has 0 saturated heterocycles. The number of fused-ring (bicyclic) bond motifs is 1. The first-order chi connectivity index (χ1) is 16.0. The zero-order valence-electron chi connectivity index (χ0n) is 19.3. The fraction of sp³-hybridized carbons (Fsp3) is 0.500. The molecule has 2 aliphatic carbocycles. The van der Waals surface area contributed by atoms with E-state index in [0.29, 0.717) is 41.0 Å². The van der Waals surface area contributed by atoms with Gasteiger partial charge in [0.2, 0.25) is 0 Å². The Balaban J connectivity index is 1.39. The molecule has 0 atom stereocenters. The molecule has 2 fully saturated rings. The highest BCUT2D eigenvalue weighted by atomic mass is 16.1. The number of hydrogen-bond donors (Lipinski definition) is 1. The van der Waals surface area contributed by atoms with Crippen LogP contribution >= 0.6 is 0 Å². The van der Waals surface area contributed by atoms with Crippen LogP contribution < -0.4 is 5.32 Å². The van der Waals surface area contributed by atoms with Crippen LogP contribution in [0.15, 0.2) is 30.7 Å². The lowest BCUT2D eigenvalue weighted by Crippen LogP contribution is -2.21. The molecule has 3 aromatic heterocycles. The largest absolute Gasteiger partial charge is 0.382 e. The number of pyridine rings is 2. The lowest BCUT2D eigenvalue weighted by atomic mass is 9.75. The van der Waals surface area contributed by atoms with E-state index >= 15 is 0 Å². The van der Waals surface area contributed by atoms with Gasteiger partial charge in [-0.2, -0.15) is 15.0 Å². The Kier molecular flexibility index (Phi) is 5.84. The van der Waals surface area contributed by atoms with Crippen LogP contribution in [0.3, 0.4) is 0 Å². The van der Waals surface area contributed by atoms with E-state index < -0.39 is 0 Å². The molecule has 0 aliphatic heterocycles. The van der Waals surface area contributed by atoms with Gasteiger partial charge in [-0.05, 0) is 62.3 Å². The van der Waals surface area contributed by atoms with Crippen molar-refractivity contribution >= 4 is 22.5 Å². The number of anilines is 1. The molecule has 3 aromatic rings. The van der Waals surface area contributed by atoms with Gasteiger partial charge in [-0.1, -0.05) is 13.8 Å². The van der Waals surface area contributed by atoms with Gasteiger partial charge in [0.15, 0.2) is 17.2 Å². The van der Waals surface area contributed by atoms with Crippen molar-refractivity contribution in [2.75, 3.05) is 5.32 Å². The molecule has 7 heteroatoms. The van der Waals surface area contributed by atoms with Gasteiger partial charge in [0, 0.05) is 36.3 Å². The second-order valence-corrected chi connectivity index (χ2v) is 9.96. The summed E-state index contributed by atoms with van der Waals surface area (Å²) < 4.78 is 1.66. The van der Waals surface area contributed by atoms with Crippen LogP contribution in [0.4, 0.5) is 5.69 Å². The maximum Gasteiger partial charge on any atom is 0.166 e. The third-order valence-electron chi connectivity index (χ3n) is 7.19. The maximum absolute atomic E-state index is 13.3. The van der Waals surface area contributed by atoms with Gasteiger partial charge in [0.1, 0.15) is 6.07 Å². The first-order valence-corrected chi connectivity index (χ1v) is 12.1. The monoisotopic (exact) mass is 442 g/mol. The third kappa shape index (κ3) is 4.61. The molecular weight excluding hydrogens is 412 g/mol. The van der Waals surface area contributed by atoms with Gasteiger partial charge in [-0.3, -0.25) is 4.79 Å². The molecule has 0 unspecified atom stereocenters. The normalized spacial score (nSPS) is 20.7. The Morgan fingerprint density at radius 2 is 1.91 bits per heavy atom. The van der Waals surface area contributed by atoms with E-state index in [1.807, 2.05) is 6.07 Å². The van der Waals surface area contributed by atoms with E-state index in [2.05, 4.69) is 40.3 Å². The summed E-state index contributed by atoms with van der Waals surface area (Å²) in [6, 6.07) is 6.20. The smallest absolute Gasteiger partial charge is 0.166 e. The predicted molar refractivity (Wildman–Crippen MR) is 127 cm³/mol. The van der Waals surface area contributed by atoms with Crippen LogP contribution in [0.2, 0.25) is 0 Å². The molecule has 0 radical (unpaired) electrons. The lowest BCUT2D eigenvalue weighted by molar-refractivity contribution is 0.0938. The fourth-order valence-electron chi connectivity index (χ4n) is 4.93. The van der Waals surface area contributed by atoms with Gasteiger partial charge in [0.25, 0.3) is 0 Å². The minimum atomic E-state index is 0.173. The van der Waals surface area contributed by atoms with Gasteiger partial charge >= 0.3 is 0 Å². The van der Waals surface area contributed by atoms with Gasteiger partial charge in [0.05, 0.1) is 23.0 Å². The number of carbonyl (C=O) groups excluding carboxylic acids is 1. The topological polar surface area (TPSA) is 96.5 Å². The summed E-state index contributed by atoms with van der Waals surface area (Å²) in [5, 5.41) is 17.9. The van der Waals surface area contributed by atoms with Gasteiger partial charge in [-0.15, -0.1) is 0 Å². The number of ketones is 1. The minimum Gasteiger partial charge on any atom is -0.382 e.